The highest BCUT2D eigenvalue weighted by atomic mass is 15.3. The third-order valence-corrected chi connectivity index (χ3v) is 3.23. The first-order valence-electron chi connectivity index (χ1n) is 5.74. The highest BCUT2D eigenvalue weighted by molar-refractivity contribution is 4.80. The Labute approximate surface area is 86.6 Å². The van der Waals surface area contributed by atoms with Crippen LogP contribution < -0.4 is 10.6 Å². The van der Waals surface area contributed by atoms with Crippen LogP contribution in [-0.2, 0) is 0 Å². The van der Waals surface area contributed by atoms with Crippen molar-refractivity contribution in [3.8, 4) is 0 Å². The van der Waals surface area contributed by atoms with Gasteiger partial charge in [-0.05, 0) is 6.54 Å². The summed E-state index contributed by atoms with van der Waals surface area (Å²) in [5.74, 6) is 0. The Morgan fingerprint density at radius 1 is 1.29 bits per heavy atom. The van der Waals surface area contributed by atoms with Crippen LogP contribution in [0.5, 0.6) is 0 Å². The largest absolute Gasteiger partial charge is 0.312 e. The molecule has 81 valence electrons. The molecule has 0 bridgehead atoms. The van der Waals surface area contributed by atoms with Crippen LogP contribution >= 0.6 is 0 Å². The maximum atomic E-state index is 4.65. The van der Waals surface area contributed by atoms with Gasteiger partial charge in [-0.3, -0.25) is 4.90 Å². The topological polar surface area (TPSA) is 32.6 Å². The number of likely N-dealkylation sites (N-methyl/N-ethyl adjacent to an activating group) is 1. The molecule has 0 aromatic heterocycles. The Hall–Kier alpha value is -0.160. The van der Waals surface area contributed by atoms with Gasteiger partial charge in [-0.25, -0.2) is 5.32 Å². The quantitative estimate of drug-likeness (QED) is 0.626. The molecule has 14 heavy (non-hydrogen) atoms. The second kappa shape index (κ2) is 5.07. The summed E-state index contributed by atoms with van der Waals surface area (Å²) >= 11 is 0. The molecule has 1 radical (unpaired) electrons. The summed E-state index contributed by atoms with van der Waals surface area (Å²) in [5, 5.41) is 8.06. The van der Waals surface area contributed by atoms with Crippen molar-refractivity contribution in [2.45, 2.75) is 13.1 Å². The third kappa shape index (κ3) is 2.45. The molecule has 0 saturated carbocycles. The van der Waals surface area contributed by atoms with Crippen molar-refractivity contribution >= 4 is 0 Å². The van der Waals surface area contributed by atoms with Gasteiger partial charge in [-0.2, -0.15) is 0 Å². The summed E-state index contributed by atoms with van der Waals surface area (Å²) in [4.78, 5) is 5.02. The van der Waals surface area contributed by atoms with E-state index in [2.05, 4.69) is 27.4 Å². The van der Waals surface area contributed by atoms with Crippen LogP contribution in [0, 0.1) is 0 Å². The zero-order valence-corrected chi connectivity index (χ0v) is 9.08. The van der Waals surface area contributed by atoms with Crippen molar-refractivity contribution in [2.75, 3.05) is 52.4 Å². The maximum Gasteiger partial charge on any atom is 0.0888 e. The molecule has 4 heteroatoms. The summed E-state index contributed by atoms with van der Waals surface area (Å²) in [6.45, 7) is 11.3. The summed E-state index contributed by atoms with van der Waals surface area (Å²) in [7, 11) is 0. The van der Waals surface area contributed by atoms with E-state index in [1.807, 2.05) is 0 Å². The van der Waals surface area contributed by atoms with Crippen LogP contribution in [-0.4, -0.2) is 68.3 Å². The molecule has 2 fully saturated rings. The molecule has 2 aliphatic heterocycles. The highest BCUT2D eigenvalue weighted by Crippen LogP contribution is 2.06. The molecule has 0 aromatic rings. The van der Waals surface area contributed by atoms with Gasteiger partial charge in [0, 0.05) is 45.8 Å². The highest BCUT2D eigenvalue weighted by Gasteiger charge is 2.24. The molecule has 0 amide bonds. The van der Waals surface area contributed by atoms with Crippen molar-refractivity contribution in [3.63, 3.8) is 0 Å². The lowest BCUT2D eigenvalue weighted by Gasteiger charge is -2.40. The average Bonchev–Trinajstić information content (AvgIpc) is 2.30. The zero-order chi connectivity index (χ0) is 9.80. The SMILES string of the molecule is CCN1CCN(C2CNCC[N]2)CC1. The van der Waals surface area contributed by atoms with Crippen LogP contribution in [0.2, 0.25) is 0 Å². The Kier molecular flexibility index (Phi) is 3.75. The van der Waals surface area contributed by atoms with Gasteiger partial charge >= 0.3 is 0 Å². The Bertz CT molecular complexity index is 160. The van der Waals surface area contributed by atoms with Crippen LogP contribution in [0.1, 0.15) is 6.92 Å². The normalized spacial score (nSPS) is 31.9. The van der Waals surface area contributed by atoms with Crippen molar-refractivity contribution < 1.29 is 0 Å². The van der Waals surface area contributed by atoms with E-state index in [4.69, 9.17) is 0 Å². The number of nitrogens with one attached hydrogen (secondary N) is 1. The van der Waals surface area contributed by atoms with E-state index in [1.165, 1.54) is 32.7 Å². The second-order valence-electron chi connectivity index (χ2n) is 4.06. The fourth-order valence-corrected chi connectivity index (χ4v) is 2.21. The molecular formula is C10H21N4. The smallest absolute Gasteiger partial charge is 0.0888 e. The maximum absolute atomic E-state index is 4.65. The van der Waals surface area contributed by atoms with E-state index in [1.54, 1.807) is 0 Å². The minimum atomic E-state index is 0.447. The molecule has 2 aliphatic rings. The lowest BCUT2D eigenvalue weighted by Crippen LogP contribution is -2.58. The first kappa shape index (κ1) is 10.4. The lowest BCUT2D eigenvalue weighted by atomic mass is 10.2. The monoisotopic (exact) mass is 197 g/mol. The summed E-state index contributed by atoms with van der Waals surface area (Å²) in [6.07, 6.45) is 0.447. The van der Waals surface area contributed by atoms with Crippen molar-refractivity contribution in [2.24, 2.45) is 0 Å². The third-order valence-electron chi connectivity index (χ3n) is 3.23. The van der Waals surface area contributed by atoms with Crippen LogP contribution in [0.25, 0.3) is 0 Å². The molecule has 0 spiro atoms. The van der Waals surface area contributed by atoms with E-state index >= 15 is 0 Å². The second-order valence-corrected chi connectivity index (χ2v) is 4.06. The molecule has 0 aliphatic carbocycles. The number of hydrogen-bond donors (Lipinski definition) is 1. The van der Waals surface area contributed by atoms with Gasteiger partial charge in [0.05, 0.1) is 6.17 Å². The Morgan fingerprint density at radius 2 is 2.07 bits per heavy atom. The van der Waals surface area contributed by atoms with Crippen LogP contribution in [0.15, 0.2) is 0 Å². The Morgan fingerprint density at radius 3 is 2.64 bits per heavy atom. The van der Waals surface area contributed by atoms with Gasteiger partial charge in [-0.1, -0.05) is 6.92 Å². The molecule has 4 nitrogen and oxygen atoms in total. The van der Waals surface area contributed by atoms with Crippen molar-refractivity contribution in [3.05, 3.63) is 0 Å². The first-order valence-corrected chi connectivity index (χ1v) is 5.74. The van der Waals surface area contributed by atoms with E-state index in [0.29, 0.717) is 6.17 Å². The van der Waals surface area contributed by atoms with Gasteiger partial charge in [0.25, 0.3) is 0 Å². The van der Waals surface area contributed by atoms with Crippen LogP contribution in [0.4, 0.5) is 0 Å². The number of nitrogens with zero attached hydrogens (tertiary/aromatic N) is 3. The fraction of sp³-hybridized carbons (Fsp3) is 1.00. The van der Waals surface area contributed by atoms with Gasteiger partial charge in [0.2, 0.25) is 0 Å². The lowest BCUT2D eigenvalue weighted by molar-refractivity contribution is 0.0748. The molecule has 1 unspecified atom stereocenters. The molecule has 1 N–H and O–H groups in total. The van der Waals surface area contributed by atoms with Gasteiger partial charge in [-0.15, -0.1) is 0 Å². The van der Waals surface area contributed by atoms with Gasteiger partial charge in [0.1, 0.15) is 0 Å². The Balaban J connectivity index is 1.76. The van der Waals surface area contributed by atoms with E-state index in [0.717, 1.165) is 19.6 Å². The van der Waals surface area contributed by atoms with E-state index in [9.17, 15) is 0 Å². The molecule has 1 atom stereocenters. The number of hydrogen-bond acceptors (Lipinski definition) is 3. The standard InChI is InChI=1S/C10H21N4/c1-2-13-5-7-14(8-6-13)10-9-11-3-4-12-10/h10-11H,2-9H2,1H3. The minimum absolute atomic E-state index is 0.447. The van der Waals surface area contributed by atoms with Crippen LogP contribution in [0.3, 0.4) is 0 Å². The summed E-state index contributed by atoms with van der Waals surface area (Å²) in [5.41, 5.74) is 0. The molecule has 2 heterocycles. The van der Waals surface area contributed by atoms with E-state index < -0.39 is 0 Å². The molecule has 2 saturated heterocycles. The zero-order valence-electron chi connectivity index (χ0n) is 9.08. The van der Waals surface area contributed by atoms with Crippen molar-refractivity contribution in [1.82, 2.24) is 20.4 Å². The first-order chi connectivity index (χ1) is 6.90. The van der Waals surface area contributed by atoms with Crippen molar-refractivity contribution in [1.29, 1.82) is 0 Å². The molecular weight excluding hydrogens is 176 g/mol. The van der Waals surface area contributed by atoms with Gasteiger partial charge < -0.3 is 10.2 Å². The summed E-state index contributed by atoms with van der Waals surface area (Å²) in [6, 6.07) is 0. The van der Waals surface area contributed by atoms with E-state index in [-0.39, 0.29) is 0 Å². The van der Waals surface area contributed by atoms with Gasteiger partial charge in [0.15, 0.2) is 0 Å². The molecule has 2 rings (SSSR count). The minimum Gasteiger partial charge on any atom is -0.312 e. The predicted molar refractivity (Wildman–Crippen MR) is 57.3 cm³/mol. The number of piperazine rings is 2. The predicted octanol–water partition coefficient (Wildman–Crippen LogP) is -0.842. The number of rotatable bonds is 2. The summed E-state index contributed by atoms with van der Waals surface area (Å²) < 4.78 is 0. The fourth-order valence-electron chi connectivity index (χ4n) is 2.21. The molecule has 0 aromatic carbocycles. The average molecular weight is 197 g/mol.